The lowest BCUT2D eigenvalue weighted by atomic mass is 10.0. The standard InChI is InChI=1S/C18H22N2O/c1-2-21-17-8-5-14(6-9-17)13-20-11-3-4-15-12-16(19)7-10-18(15)20/h5-10,12H,2-4,11,13,19H2,1H3. The molecule has 0 unspecified atom stereocenters. The molecular formula is C18H22N2O. The molecule has 1 aliphatic heterocycles. The monoisotopic (exact) mass is 282 g/mol. The second kappa shape index (κ2) is 6.08. The van der Waals surface area contributed by atoms with Crippen LogP contribution in [0.2, 0.25) is 0 Å². The Morgan fingerprint density at radius 2 is 1.95 bits per heavy atom. The van der Waals surface area contributed by atoms with Crippen molar-refractivity contribution >= 4 is 11.4 Å². The normalized spacial score (nSPS) is 13.9. The van der Waals surface area contributed by atoms with Gasteiger partial charge in [0, 0.05) is 24.5 Å². The zero-order valence-electron chi connectivity index (χ0n) is 12.5. The summed E-state index contributed by atoms with van der Waals surface area (Å²) >= 11 is 0. The van der Waals surface area contributed by atoms with Gasteiger partial charge in [0.25, 0.3) is 0 Å². The van der Waals surface area contributed by atoms with E-state index >= 15 is 0 Å². The van der Waals surface area contributed by atoms with Crippen molar-refractivity contribution in [3.8, 4) is 5.75 Å². The average molecular weight is 282 g/mol. The first-order chi connectivity index (χ1) is 10.3. The van der Waals surface area contributed by atoms with Gasteiger partial charge in [0.05, 0.1) is 6.61 Å². The van der Waals surface area contributed by atoms with Crippen LogP contribution in [-0.2, 0) is 13.0 Å². The fraction of sp³-hybridized carbons (Fsp3) is 0.333. The number of hydrogen-bond acceptors (Lipinski definition) is 3. The number of nitrogens with two attached hydrogens (primary N) is 1. The number of fused-ring (bicyclic) bond motifs is 1. The SMILES string of the molecule is CCOc1ccc(CN2CCCc3cc(N)ccc32)cc1. The van der Waals surface area contributed by atoms with Gasteiger partial charge in [0.1, 0.15) is 5.75 Å². The lowest BCUT2D eigenvalue weighted by molar-refractivity contribution is 0.340. The molecule has 0 saturated heterocycles. The van der Waals surface area contributed by atoms with E-state index in [-0.39, 0.29) is 0 Å². The number of rotatable bonds is 4. The first-order valence-electron chi connectivity index (χ1n) is 7.61. The molecule has 1 heterocycles. The molecule has 0 fully saturated rings. The molecule has 21 heavy (non-hydrogen) atoms. The highest BCUT2D eigenvalue weighted by Crippen LogP contribution is 2.30. The van der Waals surface area contributed by atoms with Crippen LogP contribution in [-0.4, -0.2) is 13.2 Å². The van der Waals surface area contributed by atoms with E-state index in [1.54, 1.807) is 0 Å². The molecule has 110 valence electrons. The molecule has 0 aromatic heterocycles. The van der Waals surface area contributed by atoms with Crippen LogP contribution < -0.4 is 15.4 Å². The van der Waals surface area contributed by atoms with Crippen molar-refractivity contribution in [3.63, 3.8) is 0 Å². The third-order valence-corrected chi connectivity index (χ3v) is 3.93. The number of nitrogens with zero attached hydrogens (tertiary/aromatic N) is 1. The van der Waals surface area contributed by atoms with Gasteiger partial charge in [-0.25, -0.2) is 0 Å². The molecule has 3 heteroatoms. The highest BCUT2D eigenvalue weighted by atomic mass is 16.5. The predicted octanol–water partition coefficient (Wildman–Crippen LogP) is 3.62. The van der Waals surface area contributed by atoms with Crippen LogP contribution >= 0.6 is 0 Å². The molecule has 0 radical (unpaired) electrons. The van der Waals surface area contributed by atoms with Crippen LogP contribution in [0.4, 0.5) is 11.4 Å². The van der Waals surface area contributed by atoms with E-state index in [1.807, 2.05) is 25.1 Å². The summed E-state index contributed by atoms with van der Waals surface area (Å²) in [6.45, 7) is 4.75. The number of hydrogen-bond donors (Lipinski definition) is 1. The fourth-order valence-corrected chi connectivity index (χ4v) is 2.94. The third kappa shape index (κ3) is 3.13. The van der Waals surface area contributed by atoms with Gasteiger partial charge in [0.15, 0.2) is 0 Å². The molecule has 0 amide bonds. The van der Waals surface area contributed by atoms with E-state index in [0.717, 1.165) is 30.9 Å². The molecule has 0 spiro atoms. The number of anilines is 2. The Hall–Kier alpha value is -2.16. The fourth-order valence-electron chi connectivity index (χ4n) is 2.94. The summed E-state index contributed by atoms with van der Waals surface area (Å²) in [6, 6.07) is 14.7. The molecule has 2 aromatic carbocycles. The Morgan fingerprint density at radius 1 is 1.14 bits per heavy atom. The molecule has 0 bridgehead atoms. The van der Waals surface area contributed by atoms with E-state index in [4.69, 9.17) is 10.5 Å². The Labute approximate surface area is 126 Å². The average Bonchev–Trinajstić information content (AvgIpc) is 2.49. The predicted molar refractivity (Wildman–Crippen MR) is 87.8 cm³/mol. The quantitative estimate of drug-likeness (QED) is 0.870. The van der Waals surface area contributed by atoms with Crippen LogP contribution in [0, 0.1) is 0 Å². The Bertz CT molecular complexity index is 607. The van der Waals surface area contributed by atoms with Gasteiger partial charge in [-0.1, -0.05) is 12.1 Å². The van der Waals surface area contributed by atoms with Crippen molar-refractivity contribution in [3.05, 3.63) is 53.6 Å². The van der Waals surface area contributed by atoms with Crippen molar-refractivity contribution in [2.75, 3.05) is 23.8 Å². The summed E-state index contributed by atoms with van der Waals surface area (Å²) in [4.78, 5) is 2.44. The van der Waals surface area contributed by atoms with Crippen LogP contribution in [0.1, 0.15) is 24.5 Å². The topological polar surface area (TPSA) is 38.5 Å². The first kappa shape index (κ1) is 13.8. The third-order valence-electron chi connectivity index (χ3n) is 3.93. The van der Waals surface area contributed by atoms with Gasteiger partial charge < -0.3 is 15.4 Å². The molecule has 0 aliphatic carbocycles. The molecule has 2 N–H and O–H groups in total. The molecular weight excluding hydrogens is 260 g/mol. The summed E-state index contributed by atoms with van der Waals surface area (Å²) in [5.41, 5.74) is 10.8. The highest BCUT2D eigenvalue weighted by Gasteiger charge is 2.16. The van der Waals surface area contributed by atoms with Gasteiger partial charge >= 0.3 is 0 Å². The minimum Gasteiger partial charge on any atom is -0.494 e. The van der Waals surface area contributed by atoms with E-state index < -0.39 is 0 Å². The van der Waals surface area contributed by atoms with Crippen molar-refractivity contribution in [2.24, 2.45) is 0 Å². The van der Waals surface area contributed by atoms with Crippen molar-refractivity contribution < 1.29 is 4.74 Å². The lowest BCUT2D eigenvalue weighted by Crippen LogP contribution is -2.28. The van der Waals surface area contributed by atoms with E-state index in [0.29, 0.717) is 6.61 Å². The summed E-state index contributed by atoms with van der Waals surface area (Å²) in [7, 11) is 0. The Morgan fingerprint density at radius 3 is 2.71 bits per heavy atom. The van der Waals surface area contributed by atoms with Gasteiger partial charge in [-0.15, -0.1) is 0 Å². The Kier molecular flexibility index (Phi) is 4.00. The largest absolute Gasteiger partial charge is 0.494 e. The molecule has 3 rings (SSSR count). The summed E-state index contributed by atoms with van der Waals surface area (Å²) < 4.78 is 5.49. The van der Waals surface area contributed by atoms with Crippen molar-refractivity contribution in [2.45, 2.75) is 26.3 Å². The first-order valence-corrected chi connectivity index (χ1v) is 7.61. The number of benzene rings is 2. The maximum atomic E-state index is 5.89. The molecule has 1 aliphatic rings. The molecule has 0 saturated carbocycles. The molecule has 2 aromatic rings. The van der Waals surface area contributed by atoms with E-state index in [9.17, 15) is 0 Å². The van der Waals surface area contributed by atoms with Crippen LogP contribution in [0.25, 0.3) is 0 Å². The summed E-state index contributed by atoms with van der Waals surface area (Å²) in [6.07, 6.45) is 2.31. The summed E-state index contributed by atoms with van der Waals surface area (Å²) in [5, 5.41) is 0. The van der Waals surface area contributed by atoms with Gasteiger partial charge in [-0.3, -0.25) is 0 Å². The second-order valence-corrected chi connectivity index (χ2v) is 5.49. The zero-order chi connectivity index (χ0) is 14.7. The Balaban J connectivity index is 1.77. The van der Waals surface area contributed by atoms with E-state index in [1.165, 1.54) is 23.2 Å². The molecule has 3 nitrogen and oxygen atoms in total. The van der Waals surface area contributed by atoms with Crippen LogP contribution in [0.3, 0.4) is 0 Å². The van der Waals surface area contributed by atoms with Crippen LogP contribution in [0.15, 0.2) is 42.5 Å². The lowest BCUT2D eigenvalue weighted by Gasteiger charge is -2.31. The number of nitrogen functional groups attached to an aromatic ring is 1. The number of aryl methyl sites for hydroxylation is 1. The van der Waals surface area contributed by atoms with Crippen LogP contribution in [0.5, 0.6) is 5.75 Å². The van der Waals surface area contributed by atoms with Crippen molar-refractivity contribution in [1.82, 2.24) is 0 Å². The van der Waals surface area contributed by atoms with Gasteiger partial charge in [0.2, 0.25) is 0 Å². The minimum absolute atomic E-state index is 0.709. The maximum absolute atomic E-state index is 5.89. The maximum Gasteiger partial charge on any atom is 0.119 e. The van der Waals surface area contributed by atoms with E-state index in [2.05, 4.69) is 29.2 Å². The van der Waals surface area contributed by atoms with Gasteiger partial charge in [-0.2, -0.15) is 0 Å². The van der Waals surface area contributed by atoms with Gasteiger partial charge in [-0.05, 0) is 61.2 Å². The smallest absolute Gasteiger partial charge is 0.119 e. The molecule has 0 atom stereocenters. The minimum atomic E-state index is 0.709. The number of ether oxygens (including phenoxy) is 1. The zero-order valence-corrected chi connectivity index (χ0v) is 12.5. The van der Waals surface area contributed by atoms with Crippen molar-refractivity contribution in [1.29, 1.82) is 0 Å². The highest BCUT2D eigenvalue weighted by molar-refractivity contribution is 5.61. The summed E-state index contributed by atoms with van der Waals surface area (Å²) in [5.74, 6) is 0.938. The second-order valence-electron chi connectivity index (χ2n) is 5.49.